The summed E-state index contributed by atoms with van der Waals surface area (Å²) in [5, 5.41) is 3.14. The Morgan fingerprint density at radius 3 is 2.76 bits per heavy atom. The van der Waals surface area contributed by atoms with Crippen molar-refractivity contribution in [3.8, 4) is 0 Å². The Labute approximate surface area is 113 Å². The van der Waals surface area contributed by atoms with Crippen molar-refractivity contribution in [3.05, 3.63) is 33.3 Å². The zero-order chi connectivity index (χ0) is 13.0. The summed E-state index contributed by atoms with van der Waals surface area (Å²) in [5.41, 5.74) is 5.47. The fraction of sp³-hybridized carbons (Fsp3) is 0.273. The second-order valence-electron chi connectivity index (χ2n) is 3.67. The monoisotopic (exact) mass is 318 g/mol. The summed E-state index contributed by atoms with van der Waals surface area (Å²) >= 11 is 9.07. The van der Waals surface area contributed by atoms with E-state index in [4.69, 9.17) is 17.3 Å². The van der Waals surface area contributed by atoms with Gasteiger partial charge >= 0.3 is 0 Å². The van der Waals surface area contributed by atoms with Gasteiger partial charge in [0.2, 0.25) is 5.91 Å². The first-order valence-electron chi connectivity index (χ1n) is 4.94. The number of carbonyl (C=O) groups is 2. The van der Waals surface area contributed by atoms with Gasteiger partial charge in [-0.1, -0.05) is 11.6 Å². The molecule has 0 spiro atoms. The van der Waals surface area contributed by atoms with Crippen molar-refractivity contribution in [2.45, 2.75) is 19.4 Å². The van der Waals surface area contributed by atoms with E-state index in [0.29, 0.717) is 15.1 Å². The highest BCUT2D eigenvalue weighted by Gasteiger charge is 2.14. The summed E-state index contributed by atoms with van der Waals surface area (Å²) in [6, 6.07) is 4.61. The van der Waals surface area contributed by atoms with E-state index in [1.165, 1.54) is 0 Å². The molecule has 0 aliphatic rings. The molecule has 0 radical (unpaired) electrons. The summed E-state index contributed by atoms with van der Waals surface area (Å²) in [5.74, 6) is -0.754. The molecule has 6 heteroatoms. The van der Waals surface area contributed by atoms with Gasteiger partial charge in [-0.25, -0.2) is 0 Å². The summed E-state index contributed by atoms with van der Waals surface area (Å²) in [7, 11) is 0. The standard InChI is InChI=1S/C11H12BrClN2O2/c1-6(4-10(14)16)15-11(17)8-5-7(13)2-3-9(8)12/h2-3,5-6H,4H2,1H3,(H2,14,16)(H,15,17). The van der Waals surface area contributed by atoms with Crippen molar-refractivity contribution in [1.29, 1.82) is 0 Å². The van der Waals surface area contributed by atoms with Gasteiger partial charge < -0.3 is 11.1 Å². The molecule has 2 amide bonds. The van der Waals surface area contributed by atoms with Crippen molar-refractivity contribution in [3.63, 3.8) is 0 Å². The normalized spacial score (nSPS) is 11.9. The predicted octanol–water partition coefficient (Wildman–Crippen LogP) is 2.10. The zero-order valence-corrected chi connectivity index (χ0v) is 11.5. The van der Waals surface area contributed by atoms with Crippen LogP contribution in [0.1, 0.15) is 23.7 Å². The fourth-order valence-electron chi connectivity index (χ4n) is 1.33. The Bertz CT molecular complexity index is 451. The lowest BCUT2D eigenvalue weighted by Gasteiger charge is -2.12. The molecule has 0 bridgehead atoms. The lowest BCUT2D eigenvalue weighted by molar-refractivity contribution is -0.118. The van der Waals surface area contributed by atoms with Crippen molar-refractivity contribution in [1.82, 2.24) is 5.32 Å². The second-order valence-corrected chi connectivity index (χ2v) is 4.96. The van der Waals surface area contributed by atoms with E-state index < -0.39 is 5.91 Å². The molecule has 0 fully saturated rings. The molecule has 1 atom stereocenters. The lowest BCUT2D eigenvalue weighted by Crippen LogP contribution is -2.35. The molecule has 0 saturated carbocycles. The summed E-state index contributed by atoms with van der Waals surface area (Å²) in [4.78, 5) is 22.5. The minimum absolute atomic E-state index is 0.101. The van der Waals surface area contributed by atoms with E-state index in [1.54, 1.807) is 25.1 Å². The third-order valence-electron chi connectivity index (χ3n) is 2.06. The van der Waals surface area contributed by atoms with Crippen molar-refractivity contribution in [2.75, 3.05) is 0 Å². The number of nitrogens with two attached hydrogens (primary N) is 1. The zero-order valence-electron chi connectivity index (χ0n) is 9.17. The average Bonchev–Trinajstić information content (AvgIpc) is 2.20. The quantitative estimate of drug-likeness (QED) is 0.892. The molecular weight excluding hydrogens is 307 g/mol. The van der Waals surface area contributed by atoms with Crippen molar-refractivity contribution < 1.29 is 9.59 Å². The van der Waals surface area contributed by atoms with E-state index in [1.807, 2.05) is 0 Å². The molecule has 1 rings (SSSR count). The maximum absolute atomic E-state index is 11.9. The van der Waals surface area contributed by atoms with Crippen LogP contribution in [0.3, 0.4) is 0 Å². The number of hydrogen-bond donors (Lipinski definition) is 2. The summed E-state index contributed by atoms with van der Waals surface area (Å²) in [6.45, 7) is 1.71. The number of benzene rings is 1. The van der Waals surface area contributed by atoms with Crippen molar-refractivity contribution >= 4 is 39.3 Å². The van der Waals surface area contributed by atoms with Gasteiger partial charge in [-0.15, -0.1) is 0 Å². The topological polar surface area (TPSA) is 72.2 Å². The van der Waals surface area contributed by atoms with Crippen LogP contribution in [-0.2, 0) is 4.79 Å². The minimum Gasteiger partial charge on any atom is -0.370 e. The van der Waals surface area contributed by atoms with Gasteiger partial charge in [0.15, 0.2) is 0 Å². The van der Waals surface area contributed by atoms with Gasteiger partial charge in [-0.05, 0) is 41.1 Å². The number of rotatable bonds is 4. The third-order valence-corrected chi connectivity index (χ3v) is 2.98. The molecule has 0 aromatic heterocycles. The number of carbonyl (C=O) groups excluding carboxylic acids is 2. The van der Waals surface area contributed by atoms with Crippen LogP contribution in [0.15, 0.2) is 22.7 Å². The Morgan fingerprint density at radius 2 is 2.18 bits per heavy atom. The minimum atomic E-state index is -0.456. The Morgan fingerprint density at radius 1 is 1.53 bits per heavy atom. The van der Waals surface area contributed by atoms with Crippen LogP contribution in [0.4, 0.5) is 0 Å². The first-order chi connectivity index (χ1) is 7.90. The van der Waals surface area contributed by atoms with Gasteiger partial charge in [-0.2, -0.15) is 0 Å². The first-order valence-corrected chi connectivity index (χ1v) is 6.11. The van der Waals surface area contributed by atoms with Crippen LogP contribution >= 0.6 is 27.5 Å². The first kappa shape index (κ1) is 14.0. The van der Waals surface area contributed by atoms with Gasteiger partial charge in [-0.3, -0.25) is 9.59 Å². The van der Waals surface area contributed by atoms with Gasteiger partial charge in [0.25, 0.3) is 5.91 Å². The predicted molar refractivity (Wildman–Crippen MR) is 69.9 cm³/mol. The van der Waals surface area contributed by atoms with Crippen LogP contribution in [-0.4, -0.2) is 17.9 Å². The molecule has 0 heterocycles. The highest BCUT2D eigenvalue weighted by molar-refractivity contribution is 9.10. The Balaban J connectivity index is 2.76. The molecule has 0 saturated heterocycles. The van der Waals surface area contributed by atoms with E-state index in [0.717, 1.165) is 0 Å². The van der Waals surface area contributed by atoms with Crippen LogP contribution in [0.25, 0.3) is 0 Å². The summed E-state index contributed by atoms with van der Waals surface area (Å²) in [6.07, 6.45) is 0.101. The number of amides is 2. The smallest absolute Gasteiger partial charge is 0.252 e. The number of nitrogens with one attached hydrogen (secondary N) is 1. The molecule has 3 N–H and O–H groups in total. The van der Waals surface area contributed by atoms with Gasteiger partial charge in [0.1, 0.15) is 0 Å². The molecule has 0 aliphatic carbocycles. The molecule has 0 aliphatic heterocycles. The maximum Gasteiger partial charge on any atom is 0.252 e. The number of hydrogen-bond acceptors (Lipinski definition) is 2. The van der Waals surface area contributed by atoms with Crippen LogP contribution in [0, 0.1) is 0 Å². The molecule has 1 aromatic rings. The third kappa shape index (κ3) is 4.36. The largest absolute Gasteiger partial charge is 0.370 e. The number of halogens is 2. The van der Waals surface area contributed by atoms with E-state index >= 15 is 0 Å². The molecule has 1 unspecified atom stereocenters. The van der Waals surface area contributed by atoms with Gasteiger partial charge in [0.05, 0.1) is 5.56 Å². The highest BCUT2D eigenvalue weighted by atomic mass is 79.9. The highest BCUT2D eigenvalue weighted by Crippen LogP contribution is 2.21. The van der Waals surface area contributed by atoms with E-state index in [2.05, 4.69) is 21.2 Å². The number of primary amides is 1. The SMILES string of the molecule is CC(CC(N)=O)NC(=O)c1cc(Cl)ccc1Br. The van der Waals surface area contributed by atoms with Crippen LogP contribution in [0.2, 0.25) is 5.02 Å². The van der Waals surface area contributed by atoms with Crippen LogP contribution in [0.5, 0.6) is 0 Å². The maximum atomic E-state index is 11.9. The molecule has 4 nitrogen and oxygen atoms in total. The molecular formula is C11H12BrClN2O2. The summed E-state index contributed by atoms with van der Waals surface area (Å²) < 4.78 is 0.644. The fourth-order valence-corrected chi connectivity index (χ4v) is 1.92. The molecule has 92 valence electrons. The van der Waals surface area contributed by atoms with E-state index in [-0.39, 0.29) is 18.4 Å². The van der Waals surface area contributed by atoms with Gasteiger partial charge in [0, 0.05) is 22.0 Å². The van der Waals surface area contributed by atoms with E-state index in [9.17, 15) is 9.59 Å². The molecule has 17 heavy (non-hydrogen) atoms. The lowest BCUT2D eigenvalue weighted by atomic mass is 10.1. The second kappa shape index (κ2) is 6.02. The molecule has 1 aromatic carbocycles. The Kier molecular flexibility index (Phi) is 4.96. The Hall–Kier alpha value is -1.07. The average molecular weight is 320 g/mol. The van der Waals surface area contributed by atoms with Crippen molar-refractivity contribution in [2.24, 2.45) is 5.73 Å². The van der Waals surface area contributed by atoms with Crippen LogP contribution < -0.4 is 11.1 Å².